The third-order valence-corrected chi connectivity index (χ3v) is 3.10. The van der Waals surface area contributed by atoms with Crippen LogP contribution in [0.15, 0.2) is 24.3 Å². The Morgan fingerprint density at radius 3 is 2.31 bits per heavy atom. The van der Waals surface area contributed by atoms with E-state index in [4.69, 9.17) is 4.74 Å². The first kappa shape index (κ1) is 13.0. The van der Waals surface area contributed by atoms with Gasteiger partial charge < -0.3 is 10.1 Å². The Labute approximate surface area is 99.0 Å². The van der Waals surface area contributed by atoms with E-state index in [1.807, 2.05) is 19.2 Å². The maximum absolute atomic E-state index is 5.17. The summed E-state index contributed by atoms with van der Waals surface area (Å²) in [4.78, 5) is 0. The third-order valence-electron chi connectivity index (χ3n) is 3.10. The summed E-state index contributed by atoms with van der Waals surface area (Å²) in [6.07, 6.45) is 2.48. The quantitative estimate of drug-likeness (QED) is 0.795. The summed E-state index contributed by atoms with van der Waals surface area (Å²) < 4.78 is 5.17. The fourth-order valence-corrected chi connectivity index (χ4v) is 2.21. The van der Waals surface area contributed by atoms with Gasteiger partial charge in [-0.1, -0.05) is 32.4 Å². The number of nitrogens with one attached hydrogen (secondary N) is 1. The van der Waals surface area contributed by atoms with Crippen LogP contribution in [0.3, 0.4) is 0 Å². The van der Waals surface area contributed by atoms with E-state index >= 15 is 0 Å². The minimum atomic E-state index is 0.436. The highest BCUT2D eigenvalue weighted by Gasteiger charge is 2.16. The third kappa shape index (κ3) is 3.24. The molecule has 2 atom stereocenters. The van der Waals surface area contributed by atoms with Crippen molar-refractivity contribution in [2.24, 2.45) is 5.92 Å². The van der Waals surface area contributed by atoms with Crippen molar-refractivity contribution in [2.45, 2.75) is 32.7 Å². The molecule has 0 aliphatic rings. The second-order valence-electron chi connectivity index (χ2n) is 4.31. The van der Waals surface area contributed by atoms with E-state index in [-0.39, 0.29) is 0 Å². The van der Waals surface area contributed by atoms with Crippen molar-refractivity contribution in [2.75, 3.05) is 14.2 Å². The summed E-state index contributed by atoms with van der Waals surface area (Å²) in [5.41, 5.74) is 1.34. The average molecular weight is 221 g/mol. The molecule has 0 amide bonds. The largest absolute Gasteiger partial charge is 0.497 e. The number of rotatable bonds is 6. The lowest BCUT2D eigenvalue weighted by molar-refractivity contribution is 0.382. The molecule has 90 valence electrons. The number of hydrogen-bond acceptors (Lipinski definition) is 2. The van der Waals surface area contributed by atoms with Gasteiger partial charge in [0.1, 0.15) is 5.75 Å². The zero-order valence-corrected chi connectivity index (χ0v) is 10.8. The normalized spacial score (nSPS) is 14.5. The van der Waals surface area contributed by atoms with Crippen molar-refractivity contribution < 1.29 is 4.74 Å². The van der Waals surface area contributed by atoms with Crippen LogP contribution in [0.25, 0.3) is 0 Å². The van der Waals surface area contributed by atoms with Crippen LogP contribution in [0.2, 0.25) is 0 Å². The second kappa shape index (κ2) is 6.54. The molecule has 0 aromatic heterocycles. The number of hydrogen-bond donors (Lipinski definition) is 1. The predicted molar refractivity (Wildman–Crippen MR) is 68.9 cm³/mol. The standard InChI is InChI=1S/C14H23NO/c1-5-6-11(2)14(15-3)12-7-9-13(16-4)10-8-12/h7-11,14-15H,5-6H2,1-4H3. The van der Waals surface area contributed by atoms with E-state index in [1.54, 1.807) is 7.11 Å². The molecule has 0 bridgehead atoms. The van der Waals surface area contributed by atoms with Crippen molar-refractivity contribution in [3.8, 4) is 5.75 Å². The van der Waals surface area contributed by atoms with E-state index in [9.17, 15) is 0 Å². The van der Waals surface area contributed by atoms with Gasteiger partial charge in [0.25, 0.3) is 0 Å². The maximum Gasteiger partial charge on any atom is 0.118 e. The summed E-state index contributed by atoms with van der Waals surface area (Å²) in [5.74, 6) is 1.57. The molecule has 2 nitrogen and oxygen atoms in total. The second-order valence-corrected chi connectivity index (χ2v) is 4.31. The van der Waals surface area contributed by atoms with Crippen molar-refractivity contribution in [3.63, 3.8) is 0 Å². The molecule has 1 rings (SSSR count). The van der Waals surface area contributed by atoms with Gasteiger partial charge in [-0.05, 0) is 37.1 Å². The van der Waals surface area contributed by atoms with Crippen LogP contribution >= 0.6 is 0 Å². The van der Waals surface area contributed by atoms with Crippen molar-refractivity contribution in [1.29, 1.82) is 0 Å². The Morgan fingerprint density at radius 1 is 1.25 bits per heavy atom. The lowest BCUT2D eigenvalue weighted by Crippen LogP contribution is -2.23. The Balaban J connectivity index is 2.78. The van der Waals surface area contributed by atoms with E-state index in [0.29, 0.717) is 12.0 Å². The van der Waals surface area contributed by atoms with E-state index in [0.717, 1.165) is 5.75 Å². The van der Waals surface area contributed by atoms with Gasteiger partial charge in [-0.2, -0.15) is 0 Å². The van der Waals surface area contributed by atoms with Crippen LogP contribution in [0.1, 0.15) is 38.3 Å². The van der Waals surface area contributed by atoms with Crippen LogP contribution in [0.5, 0.6) is 5.75 Å². The van der Waals surface area contributed by atoms with Gasteiger partial charge >= 0.3 is 0 Å². The van der Waals surface area contributed by atoms with Crippen molar-refractivity contribution in [1.82, 2.24) is 5.32 Å². The van der Waals surface area contributed by atoms with Gasteiger partial charge in [0.15, 0.2) is 0 Å². The highest BCUT2D eigenvalue weighted by Crippen LogP contribution is 2.26. The number of benzene rings is 1. The lowest BCUT2D eigenvalue weighted by atomic mass is 9.91. The maximum atomic E-state index is 5.17. The van der Waals surface area contributed by atoms with Crippen LogP contribution < -0.4 is 10.1 Å². The molecular formula is C14H23NO. The molecular weight excluding hydrogens is 198 g/mol. The molecule has 0 aliphatic heterocycles. The minimum Gasteiger partial charge on any atom is -0.497 e. The zero-order valence-electron chi connectivity index (χ0n) is 10.8. The molecule has 0 heterocycles. The van der Waals surface area contributed by atoms with Gasteiger partial charge in [-0.15, -0.1) is 0 Å². The van der Waals surface area contributed by atoms with Crippen LogP contribution in [-0.2, 0) is 0 Å². The topological polar surface area (TPSA) is 21.3 Å². The van der Waals surface area contributed by atoms with Gasteiger partial charge in [0, 0.05) is 6.04 Å². The fraction of sp³-hybridized carbons (Fsp3) is 0.571. The summed E-state index contributed by atoms with van der Waals surface area (Å²) >= 11 is 0. The summed E-state index contributed by atoms with van der Waals surface area (Å²) in [5, 5.41) is 3.40. The molecule has 2 unspecified atom stereocenters. The van der Waals surface area contributed by atoms with E-state index in [2.05, 4.69) is 31.3 Å². The average Bonchev–Trinajstić information content (AvgIpc) is 2.31. The zero-order chi connectivity index (χ0) is 12.0. The summed E-state index contributed by atoms with van der Waals surface area (Å²) in [6, 6.07) is 8.78. The molecule has 1 aromatic carbocycles. The van der Waals surface area contributed by atoms with Gasteiger partial charge in [0.05, 0.1) is 7.11 Å². The van der Waals surface area contributed by atoms with E-state index < -0.39 is 0 Å². The van der Waals surface area contributed by atoms with Crippen LogP contribution in [-0.4, -0.2) is 14.2 Å². The number of methoxy groups -OCH3 is 1. The lowest BCUT2D eigenvalue weighted by Gasteiger charge is -2.23. The molecule has 2 heteroatoms. The molecule has 1 aromatic rings. The first-order valence-corrected chi connectivity index (χ1v) is 6.04. The van der Waals surface area contributed by atoms with Gasteiger partial charge in [-0.3, -0.25) is 0 Å². The van der Waals surface area contributed by atoms with Crippen molar-refractivity contribution >= 4 is 0 Å². The Morgan fingerprint density at radius 2 is 1.88 bits per heavy atom. The molecule has 0 saturated carbocycles. The molecule has 1 N–H and O–H groups in total. The highest BCUT2D eigenvalue weighted by molar-refractivity contribution is 5.29. The number of ether oxygens (including phenoxy) is 1. The van der Waals surface area contributed by atoms with Crippen LogP contribution in [0.4, 0.5) is 0 Å². The predicted octanol–water partition coefficient (Wildman–Crippen LogP) is 3.39. The molecule has 0 radical (unpaired) electrons. The smallest absolute Gasteiger partial charge is 0.118 e. The molecule has 16 heavy (non-hydrogen) atoms. The Hall–Kier alpha value is -1.02. The summed E-state index contributed by atoms with van der Waals surface area (Å²) in [7, 11) is 3.73. The first-order chi connectivity index (χ1) is 7.72. The SMILES string of the molecule is CCCC(C)C(NC)c1ccc(OC)cc1. The first-order valence-electron chi connectivity index (χ1n) is 6.04. The molecule has 0 saturated heterocycles. The van der Waals surface area contributed by atoms with Crippen LogP contribution in [0, 0.1) is 5.92 Å². The highest BCUT2D eigenvalue weighted by atomic mass is 16.5. The van der Waals surface area contributed by atoms with Gasteiger partial charge in [0.2, 0.25) is 0 Å². The van der Waals surface area contributed by atoms with E-state index in [1.165, 1.54) is 18.4 Å². The molecule has 0 spiro atoms. The van der Waals surface area contributed by atoms with Crippen molar-refractivity contribution in [3.05, 3.63) is 29.8 Å². The van der Waals surface area contributed by atoms with Gasteiger partial charge in [-0.25, -0.2) is 0 Å². The molecule has 0 fully saturated rings. The summed E-state index contributed by atoms with van der Waals surface area (Å²) in [6.45, 7) is 4.53. The Kier molecular flexibility index (Phi) is 5.33. The monoisotopic (exact) mass is 221 g/mol. The fourth-order valence-electron chi connectivity index (χ4n) is 2.21. The Bertz CT molecular complexity index is 294. The minimum absolute atomic E-state index is 0.436. The molecule has 0 aliphatic carbocycles.